The quantitative estimate of drug-likeness (QED) is 0.545. The summed E-state index contributed by atoms with van der Waals surface area (Å²) in [6, 6.07) is 5.82. The standard InChI is InChI=1S/C22H20Cl2FN3O3/c1-11-21-12(4-14(23)5-17(21)24)2-3-28(11)20(30)9-26-19-7-15-13(10-29)8-27-22(31)16(15)6-18(19)25/h4-8,11,26,29H,2-3,9-10H2,1H3,(H,27,31)/t11-/m0/s1. The number of nitrogens with one attached hydrogen (secondary N) is 2. The number of nitrogens with zero attached hydrogens (tertiary/aromatic N) is 1. The maximum absolute atomic E-state index is 14.6. The first-order chi connectivity index (χ1) is 14.8. The summed E-state index contributed by atoms with van der Waals surface area (Å²) in [6.07, 6.45) is 2.01. The van der Waals surface area contributed by atoms with Gasteiger partial charge in [0.25, 0.3) is 5.56 Å². The first kappa shape index (κ1) is 21.6. The van der Waals surface area contributed by atoms with Crippen molar-refractivity contribution in [3.8, 4) is 0 Å². The molecule has 0 radical (unpaired) electrons. The third-order valence-corrected chi connectivity index (χ3v) is 6.21. The summed E-state index contributed by atoms with van der Waals surface area (Å²) < 4.78 is 14.6. The molecular formula is C22H20Cl2FN3O3. The lowest BCUT2D eigenvalue weighted by atomic mass is 9.93. The van der Waals surface area contributed by atoms with Gasteiger partial charge in [0.1, 0.15) is 5.82 Å². The second-order valence-corrected chi connectivity index (χ2v) is 8.35. The molecule has 1 aromatic heterocycles. The molecule has 0 spiro atoms. The van der Waals surface area contributed by atoms with Gasteiger partial charge in [0, 0.05) is 28.4 Å². The zero-order chi connectivity index (χ0) is 22.3. The molecule has 3 aromatic rings. The van der Waals surface area contributed by atoms with Crippen molar-refractivity contribution in [2.75, 3.05) is 18.4 Å². The number of carbonyl (C=O) groups is 1. The molecule has 6 nitrogen and oxygen atoms in total. The summed E-state index contributed by atoms with van der Waals surface area (Å²) in [5.41, 5.74) is 1.97. The van der Waals surface area contributed by atoms with E-state index in [0.29, 0.717) is 34.0 Å². The highest BCUT2D eigenvalue weighted by Gasteiger charge is 2.29. The van der Waals surface area contributed by atoms with E-state index in [9.17, 15) is 19.1 Å². The second-order valence-electron chi connectivity index (χ2n) is 7.51. The summed E-state index contributed by atoms with van der Waals surface area (Å²) in [6.45, 7) is 1.94. The van der Waals surface area contributed by atoms with Gasteiger partial charge >= 0.3 is 0 Å². The van der Waals surface area contributed by atoms with Crippen LogP contribution in [0, 0.1) is 5.82 Å². The molecular weight excluding hydrogens is 444 g/mol. The molecule has 2 aromatic carbocycles. The number of amides is 1. The number of rotatable bonds is 4. The molecule has 4 rings (SSSR count). The average Bonchev–Trinajstić information content (AvgIpc) is 2.72. The van der Waals surface area contributed by atoms with Gasteiger partial charge in [-0.3, -0.25) is 9.59 Å². The molecule has 0 saturated carbocycles. The molecule has 1 aliphatic heterocycles. The smallest absolute Gasteiger partial charge is 0.255 e. The fourth-order valence-electron chi connectivity index (χ4n) is 4.12. The van der Waals surface area contributed by atoms with Crippen molar-refractivity contribution in [3.05, 3.63) is 73.4 Å². The molecule has 0 bridgehead atoms. The molecule has 2 heterocycles. The number of fused-ring (bicyclic) bond motifs is 2. The van der Waals surface area contributed by atoms with Crippen molar-refractivity contribution >= 4 is 45.6 Å². The molecule has 162 valence electrons. The summed E-state index contributed by atoms with van der Waals surface area (Å²) >= 11 is 12.5. The lowest BCUT2D eigenvalue weighted by molar-refractivity contribution is -0.131. The van der Waals surface area contributed by atoms with Crippen LogP contribution in [0.4, 0.5) is 10.1 Å². The monoisotopic (exact) mass is 463 g/mol. The molecule has 0 fully saturated rings. The van der Waals surface area contributed by atoms with Crippen molar-refractivity contribution in [2.45, 2.75) is 26.0 Å². The van der Waals surface area contributed by atoms with Crippen molar-refractivity contribution < 1.29 is 14.3 Å². The number of aromatic nitrogens is 1. The van der Waals surface area contributed by atoms with Crippen molar-refractivity contribution in [1.82, 2.24) is 9.88 Å². The van der Waals surface area contributed by atoms with Crippen LogP contribution in [0.3, 0.4) is 0 Å². The number of aliphatic hydroxyl groups excluding tert-OH is 1. The van der Waals surface area contributed by atoms with Crippen LogP contribution in [0.2, 0.25) is 10.0 Å². The van der Waals surface area contributed by atoms with E-state index in [1.807, 2.05) is 13.0 Å². The van der Waals surface area contributed by atoms with Gasteiger partial charge in [-0.25, -0.2) is 4.39 Å². The summed E-state index contributed by atoms with van der Waals surface area (Å²) in [5.74, 6) is -0.868. The predicted octanol–water partition coefficient (Wildman–Crippen LogP) is 4.02. The molecule has 1 aliphatic rings. The molecule has 1 amide bonds. The van der Waals surface area contributed by atoms with Crippen LogP contribution >= 0.6 is 23.2 Å². The Labute approximate surface area is 187 Å². The molecule has 31 heavy (non-hydrogen) atoms. The van der Waals surface area contributed by atoms with Gasteiger partial charge in [-0.15, -0.1) is 0 Å². The summed E-state index contributed by atoms with van der Waals surface area (Å²) in [5, 5.41) is 14.0. The molecule has 1 atom stereocenters. The van der Waals surface area contributed by atoms with Crippen molar-refractivity contribution in [2.24, 2.45) is 0 Å². The Kier molecular flexibility index (Phi) is 5.92. The van der Waals surface area contributed by atoms with E-state index in [1.165, 1.54) is 12.3 Å². The Morgan fingerprint density at radius 3 is 2.81 bits per heavy atom. The van der Waals surface area contributed by atoms with E-state index in [4.69, 9.17) is 23.2 Å². The number of aliphatic hydroxyl groups is 1. The van der Waals surface area contributed by atoms with E-state index in [-0.39, 0.29) is 36.2 Å². The zero-order valence-electron chi connectivity index (χ0n) is 16.6. The van der Waals surface area contributed by atoms with Crippen molar-refractivity contribution in [3.63, 3.8) is 0 Å². The van der Waals surface area contributed by atoms with E-state index >= 15 is 0 Å². The maximum Gasteiger partial charge on any atom is 0.255 e. The lowest BCUT2D eigenvalue weighted by Gasteiger charge is -2.36. The minimum Gasteiger partial charge on any atom is -0.392 e. The molecule has 3 N–H and O–H groups in total. The number of pyridine rings is 1. The Morgan fingerprint density at radius 2 is 2.06 bits per heavy atom. The van der Waals surface area contributed by atoms with Crippen LogP contribution in [0.15, 0.2) is 35.3 Å². The fourth-order valence-corrected chi connectivity index (χ4v) is 4.81. The number of H-pyrrole nitrogens is 1. The topological polar surface area (TPSA) is 85.4 Å². The first-order valence-electron chi connectivity index (χ1n) is 9.76. The van der Waals surface area contributed by atoms with Crippen LogP contribution in [-0.4, -0.2) is 34.0 Å². The Bertz CT molecular complexity index is 1240. The van der Waals surface area contributed by atoms with Gasteiger partial charge in [0.15, 0.2) is 0 Å². The van der Waals surface area contributed by atoms with Gasteiger partial charge < -0.3 is 20.3 Å². The Balaban J connectivity index is 1.56. The SMILES string of the molecule is C[C@H]1c2c(Cl)cc(Cl)cc2CCN1C(=O)CNc1cc2c(CO)c[nH]c(=O)c2cc1F. The highest BCUT2D eigenvalue weighted by atomic mass is 35.5. The van der Waals surface area contributed by atoms with Crippen LogP contribution in [-0.2, 0) is 17.8 Å². The number of benzene rings is 2. The number of anilines is 1. The van der Waals surface area contributed by atoms with Gasteiger partial charge in [0.2, 0.25) is 5.91 Å². The van der Waals surface area contributed by atoms with Gasteiger partial charge in [-0.05, 0) is 54.1 Å². The van der Waals surface area contributed by atoms with Gasteiger partial charge in [0.05, 0.1) is 30.3 Å². The number of carbonyl (C=O) groups excluding carboxylic acids is 1. The largest absolute Gasteiger partial charge is 0.392 e. The Morgan fingerprint density at radius 1 is 1.29 bits per heavy atom. The minimum atomic E-state index is -0.657. The number of aromatic amines is 1. The summed E-state index contributed by atoms with van der Waals surface area (Å²) in [7, 11) is 0. The third-order valence-electron chi connectivity index (χ3n) is 5.68. The molecule has 0 saturated heterocycles. The minimum absolute atomic E-state index is 0.0797. The van der Waals surface area contributed by atoms with E-state index in [1.54, 1.807) is 11.0 Å². The fraction of sp³-hybridized carbons (Fsp3) is 0.273. The molecule has 0 aliphatic carbocycles. The van der Waals surface area contributed by atoms with Crippen LogP contribution in [0.1, 0.15) is 29.7 Å². The number of hydrogen-bond acceptors (Lipinski definition) is 4. The highest BCUT2D eigenvalue weighted by molar-refractivity contribution is 6.35. The predicted molar refractivity (Wildman–Crippen MR) is 119 cm³/mol. The second kappa shape index (κ2) is 8.49. The zero-order valence-corrected chi connectivity index (χ0v) is 18.1. The van der Waals surface area contributed by atoms with E-state index in [2.05, 4.69) is 10.3 Å². The van der Waals surface area contributed by atoms with Crippen LogP contribution in [0.5, 0.6) is 0 Å². The van der Waals surface area contributed by atoms with Gasteiger partial charge in [-0.1, -0.05) is 23.2 Å². The van der Waals surface area contributed by atoms with Crippen LogP contribution < -0.4 is 10.9 Å². The van der Waals surface area contributed by atoms with E-state index < -0.39 is 11.4 Å². The molecule has 9 heteroatoms. The van der Waals surface area contributed by atoms with Crippen molar-refractivity contribution in [1.29, 1.82) is 0 Å². The number of hydrogen-bond donors (Lipinski definition) is 3. The highest BCUT2D eigenvalue weighted by Crippen LogP contribution is 2.37. The summed E-state index contributed by atoms with van der Waals surface area (Å²) in [4.78, 5) is 29.0. The average molecular weight is 464 g/mol. The van der Waals surface area contributed by atoms with Crippen LogP contribution in [0.25, 0.3) is 10.8 Å². The lowest BCUT2D eigenvalue weighted by Crippen LogP contribution is -2.42. The number of halogens is 3. The Hall–Kier alpha value is -2.61. The maximum atomic E-state index is 14.6. The third kappa shape index (κ3) is 4.01. The molecule has 0 unspecified atom stereocenters. The first-order valence-corrected chi connectivity index (χ1v) is 10.5. The van der Waals surface area contributed by atoms with E-state index in [0.717, 1.165) is 17.2 Å². The van der Waals surface area contributed by atoms with Gasteiger partial charge in [-0.2, -0.15) is 0 Å². The normalized spacial score (nSPS) is 15.8.